The first kappa shape index (κ1) is 25.7. The molecule has 0 bridgehead atoms. The van der Waals surface area contributed by atoms with E-state index in [1.165, 1.54) is 57.8 Å². The second-order valence-corrected chi connectivity index (χ2v) is 8.31. The lowest BCUT2D eigenvalue weighted by Crippen LogP contribution is -2.39. The summed E-state index contributed by atoms with van der Waals surface area (Å²) < 4.78 is 10.3. The van der Waals surface area contributed by atoms with Gasteiger partial charge in [-0.05, 0) is 32.1 Å². The Morgan fingerprint density at radius 3 is 2.14 bits per heavy atom. The quantitative estimate of drug-likeness (QED) is 0.180. The van der Waals surface area contributed by atoms with Crippen molar-refractivity contribution in [1.82, 2.24) is 0 Å². The van der Waals surface area contributed by atoms with Crippen molar-refractivity contribution in [3.8, 4) is 0 Å². The van der Waals surface area contributed by atoms with E-state index in [1.807, 2.05) is 0 Å². The molecule has 1 aliphatic rings. The van der Waals surface area contributed by atoms with Crippen LogP contribution < -0.4 is 0 Å². The van der Waals surface area contributed by atoms with Crippen LogP contribution in [0.1, 0.15) is 110 Å². The monoisotopic (exact) mass is 410 g/mol. The zero-order chi connectivity index (χ0) is 21.2. The Hall–Kier alpha value is -1.36. The van der Waals surface area contributed by atoms with Crippen LogP contribution >= 0.6 is 0 Å². The van der Waals surface area contributed by atoms with E-state index in [4.69, 9.17) is 9.47 Å². The lowest BCUT2D eigenvalue weighted by molar-refractivity contribution is -0.166. The maximum Gasteiger partial charge on any atom is 0.306 e. The molecule has 1 N–H and O–H groups in total. The Kier molecular flexibility index (Phi) is 14.6. The molecule has 1 atom stereocenters. The molecule has 0 aromatic carbocycles. The number of cyclic esters (lactones) is 1. The molecule has 0 unspecified atom stereocenters. The van der Waals surface area contributed by atoms with E-state index in [0.717, 1.165) is 25.7 Å². The summed E-state index contributed by atoms with van der Waals surface area (Å²) in [7, 11) is 0. The molecule has 0 saturated carbocycles. The summed E-state index contributed by atoms with van der Waals surface area (Å²) in [4.78, 5) is 23.0. The zero-order valence-corrected chi connectivity index (χ0v) is 18.5. The summed E-state index contributed by atoms with van der Waals surface area (Å²) in [6.07, 6.45) is 21.6. The van der Waals surface area contributed by atoms with Crippen LogP contribution in [0.15, 0.2) is 12.2 Å². The van der Waals surface area contributed by atoms with Crippen molar-refractivity contribution < 1.29 is 24.2 Å². The first-order valence-electron chi connectivity index (χ1n) is 11.8. The number of ether oxygens (including phenoxy) is 2. The molecule has 5 nitrogen and oxygen atoms in total. The number of unbranched alkanes of at least 4 members (excludes halogenated alkanes) is 11. The number of aliphatic hydroxyl groups is 1. The standard InChI is InChI=1S/C24H42O5/c1-2-3-4-5-6-7-8-9-10-11-12-13-14-15-16-17-22(26)28-21-24(20-25)19-18-23(27)29-24/h9-10,25H,2-8,11-21H2,1H3/t24-/m1/s1. The molecular formula is C24H42O5. The summed E-state index contributed by atoms with van der Waals surface area (Å²) in [6.45, 7) is 1.90. The van der Waals surface area contributed by atoms with Crippen molar-refractivity contribution in [2.24, 2.45) is 0 Å². The van der Waals surface area contributed by atoms with Gasteiger partial charge in [0, 0.05) is 19.3 Å². The average Bonchev–Trinajstić information content (AvgIpc) is 3.11. The van der Waals surface area contributed by atoms with Gasteiger partial charge in [-0.15, -0.1) is 0 Å². The van der Waals surface area contributed by atoms with Crippen molar-refractivity contribution in [3.63, 3.8) is 0 Å². The van der Waals surface area contributed by atoms with E-state index < -0.39 is 5.60 Å². The maximum absolute atomic E-state index is 11.8. The van der Waals surface area contributed by atoms with Gasteiger partial charge in [0.05, 0.1) is 6.61 Å². The largest absolute Gasteiger partial charge is 0.461 e. The van der Waals surface area contributed by atoms with Gasteiger partial charge in [-0.25, -0.2) is 0 Å². The van der Waals surface area contributed by atoms with Crippen LogP contribution in [0.2, 0.25) is 0 Å². The van der Waals surface area contributed by atoms with Crippen molar-refractivity contribution in [2.45, 2.75) is 115 Å². The number of esters is 2. The molecule has 1 saturated heterocycles. The first-order chi connectivity index (χ1) is 14.1. The molecule has 0 aromatic heterocycles. The maximum atomic E-state index is 11.8. The summed E-state index contributed by atoms with van der Waals surface area (Å²) in [5.74, 6) is -0.620. The van der Waals surface area contributed by atoms with Crippen molar-refractivity contribution in [1.29, 1.82) is 0 Å². The smallest absolute Gasteiger partial charge is 0.306 e. The Morgan fingerprint density at radius 2 is 1.59 bits per heavy atom. The molecule has 1 aliphatic heterocycles. The van der Waals surface area contributed by atoms with Gasteiger partial charge in [0.15, 0.2) is 5.60 Å². The molecule has 0 radical (unpaired) electrons. The van der Waals surface area contributed by atoms with Crippen LogP contribution in [-0.4, -0.2) is 35.9 Å². The van der Waals surface area contributed by atoms with Crippen LogP contribution in [0.5, 0.6) is 0 Å². The molecule has 1 heterocycles. The van der Waals surface area contributed by atoms with Crippen molar-refractivity contribution in [3.05, 3.63) is 12.2 Å². The predicted molar refractivity (Wildman–Crippen MR) is 116 cm³/mol. The third-order valence-electron chi connectivity index (χ3n) is 5.54. The SMILES string of the molecule is CCCCCCCCC=CCCCCCCCC(=O)OC[C@]1(CO)CCC(=O)O1. The van der Waals surface area contributed by atoms with Crippen LogP contribution in [0.25, 0.3) is 0 Å². The van der Waals surface area contributed by atoms with Crippen molar-refractivity contribution in [2.75, 3.05) is 13.2 Å². The van der Waals surface area contributed by atoms with Crippen molar-refractivity contribution >= 4 is 11.9 Å². The Bertz CT molecular complexity index is 474. The fraction of sp³-hybridized carbons (Fsp3) is 0.833. The van der Waals surface area contributed by atoms with Crippen LogP contribution in [0.4, 0.5) is 0 Å². The number of carbonyl (C=O) groups is 2. The molecule has 0 amide bonds. The topological polar surface area (TPSA) is 72.8 Å². The van der Waals surface area contributed by atoms with Gasteiger partial charge < -0.3 is 14.6 Å². The Balaban J connectivity index is 1.88. The van der Waals surface area contributed by atoms with Crippen LogP contribution in [0.3, 0.4) is 0 Å². The van der Waals surface area contributed by atoms with Gasteiger partial charge in [-0.1, -0.05) is 70.4 Å². The highest BCUT2D eigenvalue weighted by molar-refractivity contribution is 5.72. The molecule has 0 aromatic rings. The number of hydrogen-bond acceptors (Lipinski definition) is 5. The molecule has 5 heteroatoms. The lowest BCUT2D eigenvalue weighted by Gasteiger charge is -2.24. The minimum Gasteiger partial charge on any atom is -0.461 e. The van der Waals surface area contributed by atoms with E-state index >= 15 is 0 Å². The minimum absolute atomic E-state index is 0.0425. The molecule has 1 rings (SSSR count). The fourth-order valence-corrected chi connectivity index (χ4v) is 3.56. The molecule has 0 aliphatic carbocycles. The predicted octanol–water partition coefficient (Wildman–Crippen LogP) is 5.64. The van der Waals surface area contributed by atoms with E-state index in [2.05, 4.69) is 19.1 Å². The van der Waals surface area contributed by atoms with Crippen LogP contribution in [-0.2, 0) is 19.1 Å². The second kappa shape index (κ2) is 16.4. The van der Waals surface area contributed by atoms with E-state index in [-0.39, 0.29) is 31.6 Å². The highest BCUT2D eigenvalue weighted by Crippen LogP contribution is 2.26. The molecule has 0 spiro atoms. The normalized spacial score (nSPS) is 19.0. The highest BCUT2D eigenvalue weighted by atomic mass is 16.6. The third kappa shape index (κ3) is 12.7. The highest BCUT2D eigenvalue weighted by Gasteiger charge is 2.41. The summed E-state index contributed by atoms with van der Waals surface area (Å²) in [6, 6.07) is 0. The van der Waals surface area contributed by atoms with Gasteiger partial charge in [-0.3, -0.25) is 9.59 Å². The van der Waals surface area contributed by atoms with Gasteiger partial charge in [0.2, 0.25) is 0 Å². The summed E-state index contributed by atoms with van der Waals surface area (Å²) in [5, 5.41) is 9.39. The van der Waals surface area contributed by atoms with Gasteiger partial charge in [0.1, 0.15) is 6.61 Å². The van der Waals surface area contributed by atoms with Gasteiger partial charge in [-0.2, -0.15) is 0 Å². The number of aliphatic hydroxyl groups excluding tert-OH is 1. The summed E-state index contributed by atoms with van der Waals surface area (Å²) >= 11 is 0. The average molecular weight is 411 g/mol. The number of hydrogen-bond donors (Lipinski definition) is 1. The van der Waals surface area contributed by atoms with E-state index in [9.17, 15) is 14.7 Å². The zero-order valence-electron chi connectivity index (χ0n) is 18.5. The number of carbonyl (C=O) groups excluding carboxylic acids is 2. The fourth-order valence-electron chi connectivity index (χ4n) is 3.56. The minimum atomic E-state index is -1.02. The molecule has 29 heavy (non-hydrogen) atoms. The molecular weight excluding hydrogens is 368 g/mol. The van der Waals surface area contributed by atoms with Gasteiger partial charge in [0.25, 0.3) is 0 Å². The molecule has 1 fully saturated rings. The molecule has 168 valence electrons. The summed E-state index contributed by atoms with van der Waals surface area (Å²) in [5.41, 5.74) is -1.02. The van der Waals surface area contributed by atoms with E-state index in [0.29, 0.717) is 12.8 Å². The Morgan fingerprint density at radius 1 is 1.00 bits per heavy atom. The number of allylic oxidation sites excluding steroid dienone is 2. The van der Waals surface area contributed by atoms with E-state index in [1.54, 1.807) is 0 Å². The first-order valence-corrected chi connectivity index (χ1v) is 11.8. The Labute approximate surface area is 177 Å². The third-order valence-corrected chi connectivity index (χ3v) is 5.54. The van der Waals surface area contributed by atoms with Gasteiger partial charge >= 0.3 is 11.9 Å². The second-order valence-electron chi connectivity index (χ2n) is 8.31. The van der Waals surface area contributed by atoms with Crippen LogP contribution in [0, 0.1) is 0 Å². The lowest BCUT2D eigenvalue weighted by atomic mass is 10.0. The number of rotatable bonds is 18.